The molecule has 10 rings (SSSR count). The zero-order chi connectivity index (χ0) is 42.0. The molecule has 0 unspecified atom stereocenters. The summed E-state index contributed by atoms with van der Waals surface area (Å²) in [5, 5.41) is 17.8. The molecule has 2 aromatic heterocycles. The highest BCUT2D eigenvalue weighted by Crippen LogP contribution is 2.37. The summed E-state index contributed by atoms with van der Waals surface area (Å²) in [5.41, 5.74) is 7.08. The summed E-state index contributed by atoms with van der Waals surface area (Å²) in [6.07, 6.45) is 7.77. The van der Waals surface area contributed by atoms with Crippen molar-refractivity contribution in [1.82, 2.24) is 25.1 Å². The van der Waals surface area contributed by atoms with Gasteiger partial charge in [-0.2, -0.15) is 0 Å². The van der Waals surface area contributed by atoms with E-state index < -0.39 is 5.97 Å². The number of pyridine rings is 2. The number of nitrogens with zero attached hydrogens (tertiary/aromatic N) is 8. The second-order valence-electron chi connectivity index (χ2n) is 16.6. The number of hydrogen-bond donors (Lipinski definition) is 4. The van der Waals surface area contributed by atoms with Crippen LogP contribution in [0.25, 0.3) is 0 Å². The van der Waals surface area contributed by atoms with Crippen LogP contribution >= 0.6 is 0 Å². The monoisotopic (exact) mass is 827 g/mol. The molecule has 4 fully saturated rings. The number of carbonyl (C=O) groups excluding carboxylic acids is 3. The number of aromatic carboxylic acids is 1. The number of hydrogen-bond acceptors (Lipinski definition) is 12. The fraction of sp³-hybridized carbons (Fsp3) is 0.422. The van der Waals surface area contributed by atoms with Gasteiger partial charge in [-0.15, -0.1) is 0 Å². The normalized spacial score (nSPS) is 21.0. The molecule has 3 amide bonds. The lowest BCUT2D eigenvalue weighted by Gasteiger charge is -2.36. The van der Waals surface area contributed by atoms with Gasteiger partial charge in [0.05, 0.1) is 16.9 Å². The smallest absolute Gasteiger partial charge is 0.335 e. The number of aromatic nitrogens is 2. The average molecular weight is 828 g/mol. The molecular weight excluding hydrogens is 775 g/mol. The van der Waals surface area contributed by atoms with Crippen LogP contribution in [0.3, 0.4) is 0 Å². The lowest BCUT2D eigenvalue weighted by atomic mass is 10.1. The molecule has 0 bridgehead atoms. The van der Waals surface area contributed by atoms with Crippen LogP contribution in [0.4, 0.5) is 34.4 Å². The molecule has 318 valence electrons. The Balaban J connectivity index is 0.000000156. The maximum Gasteiger partial charge on any atom is 0.335 e. The Hall–Kier alpha value is -6.26. The molecular formula is C45H53N11O5. The third kappa shape index (κ3) is 8.55. The Kier molecular flexibility index (Phi) is 11.4. The maximum absolute atomic E-state index is 12.4. The van der Waals surface area contributed by atoms with E-state index in [9.17, 15) is 19.2 Å². The molecule has 2 atom stereocenters. The van der Waals surface area contributed by atoms with Crippen LogP contribution in [0, 0.1) is 0 Å². The molecule has 4 aromatic rings. The molecule has 0 aliphatic carbocycles. The summed E-state index contributed by atoms with van der Waals surface area (Å²) >= 11 is 0. The number of amides is 3. The van der Waals surface area contributed by atoms with Crippen molar-refractivity contribution in [3.05, 3.63) is 95.3 Å². The number of carboxylic acid groups (broad SMARTS) is 1. The van der Waals surface area contributed by atoms with Gasteiger partial charge in [0.2, 0.25) is 11.8 Å². The zero-order valence-corrected chi connectivity index (χ0v) is 34.6. The molecule has 16 nitrogen and oxygen atoms in total. The van der Waals surface area contributed by atoms with E-state index in [0.29, 0.717) is 11.1 Å². The summed E-state index contributed by atoms with van der Waals surface area (Å²) in [6.45, 7) is 10.8. The molecule has 4 saturated heterocycles. The number of carboxylic acids is 1. The first-order chi connectivity index (χ1) is 29.7. The standard InChI is InChI=1S/C23H28N6O2.C22H25N5O3/c1-24-22(30)17-4-6-18(7-5-17)28-11-9-27(10-12-28)15-16-13-19-21(25-14-16)29-8-2-3-20(29)23(31)26-19;28-21-19-2-1-7-27(19)20-18(24-21)12-15(13-23-20)14-25-8-10-26(11-9-25)17-5-3-16(4-6-17)22(29)30/h4-7,13-14,20H,2-3,8-12,15H2,1H3,(H,24,30)(H,26,31);3-6,12-13,19H,1-2,7-11,14H2,(H,24,28)(H,29,30)/t20-;19-/m00/s1. The van der Waals surface area contributed by atoms with Crippen molar-refractivity contribution >= 4 is 58.1 Å². The first-order valence-electron chi connectivity index (χ1n) is 21.4. The van der Waals surface area contributed by atoms with Crippen LogP contribution in [-0.2, 0) is 22.7 Å². The Morgan fingerprint density at radius 1 is 0.639 bits per heavy atom. The van der Waals surface area contributed by atoms with Gasteiger partial charge in [0.1, 0.15) is 12.1 Å². The van der Waals surface area contributed by atoms with Crippen LogP contribution in [0.15, 0.2) is 73.1 Å². The number of benzene rings is 2. The maximum atomic E-state index is 12.4. The van der Waals surface area contributed by atoms with Crippen LogP contribution in [-0.4, -0.2) is 133 Å². The summed E-state index contributed by atoms with van der Waals surface area (Å²) in [6, 6.07) is 18.9. The fourth-order valence-electron chi connectivity index (χ4n) is 9.46. The largest absolute Gasteiger partial charge is 0.478 e. The highest BCUT2D eigenvalue weighted by atomic mass is 16.4. The average Bonchev–Trinajstić information content (AvgIpc) is 4.00. The van der Waals surface area contributed by atoms with Gasteiger partial charge in [-0.3, -0.25) is 24.2 Å². The van der Waals surface area contributed by atoms with Gasteiger partial charge in [-0.05, 0) is 97.5 Å². The van der Waals surface area contributed by atoms with E-state index in [1.165, 1.54) is 0 Å². The third-order valence-electron chi connectivity index (χ3n) is 12.8. The van der Waals surface area contributed by atoms with Crippen LogP contribution < -0.4 is 35.6 Å². The minimum Gasteiger partial charge on any atom is -0.478 e. The Labute approximate surface area is 355 Å². The van der Waals surface area contributed by atoms with Crippen molar-refractivity contribution in [2.75, 3.05) is 103 Å². The van der Waals surface area contributed by atoms with E-state index in [1.807, 2.05) is 48.8 Å². The van der Waals surface area contributed by atoms with Crippen molar-refractivity contribution in [1.29, 1.82) is 0 Å². The lowest BCUT2D eigenvalue weighted by Crippen LogP contribution is -2.46. The molecule has 6 aliphatic heterocycles. The first-order valence-corrected chi connectivity index (χ1v) is 21.4. The van der Waals surface area contributed by atoms with Gasteiger partial charge < -0.3 is 40.7 Å². The molecule has 4 N–H and O–H groups in total. The molecule has 61 heavy (non-hydrogen) atoms. The summed E-state index contributed by atoms with van der Waals surface area (Å²) in [4.78, 5) is 70.5. The number of piperazine rings is 2. The summed E-state index contributed by atoms with van der Waals surface area (Å²) in [7, 11) is 1.64. The van der Waals surface area contributed by atoms with Gasteiger partial charge in [-0.1, -0.05) is 0 Å². The SMILES string of the molecule is CNC(=O)c1ccc(N2CCN(Cc3cnc4c(c3)NC(=O)[C@@H]3CCCN43)CC2)cc1.O=C(O)c1ccc(N2CCN(Cc3cnc4c(c3)NC(=O)[C@@H]3CCCN43)CC2)cc1. The van der Waals surface area contributed by atoms with E-state index in [-0.39, 0.29) is 29.8 Å². The Bertz CT molecular complexity index is 2270. The number of carbonyl (C=O) groups is 4. The number of fused-ring (bicyclic) bond motifs is 6. The second-order valence-corrected chi connectivity index (χ2v) is 16.6. The predicted molar refractivity (Wildman–Crippen MR) is 235 cm³/mol. The van der Waals surface area contributed by atoms with Crippen molar-refractivity contribution in [3.63, 3.8) is 0 Å². The zero-order valence-electron chi connectivity index (χ0n) is 34.6. The van der Waals surface area contributed by atoms with Gasteiger partial charge in [-0.25, -0.2) is 14.8 Å². The van der Waals surface area contributed by atoms with Crippen LogP contribution in [0.2, 0.25) is 0 Å². The Morgan fingerprint density at radius 2 is 1.07 bits per heavy atom. The number of nitrogens with one attached hydrogen (secondary N) is 3. The molecule has 6 aliphatic rings. The first kappa shape index (κ1) is 40.2. The van der Waals surface area contributed by atoms with E-state index in [0.717, 1.165) is 150 Å². The van der Waals surface area contributed by atoms with Crippen molar-refractivity contribution in [3.8, 4) is 0 Å². The fourth-order valence-corrected chi connectivity index (χ4v) is 9.46. The van der Waals surface area contributed by atoms with Gasteiger partial charge in [0.15, 0.2) is 11.6 Å². The third-order valence-corrected chi connectivity index (χ3v) is 12.8. The van der Waals surface area contributed by atoms with Gasteiger partial charge in [0.25, 0.3) is 5.91 Å². The van der Waals surface area contributed by atoms with Gasteiger partial charge >= 0.3 is 5.97 Å². The Morgan fingerprint density at radius 3 is 1.48 bits per heavy atom. The van der Waals surface area contributed by atoms with E-state index in [1.54, 1.807) is 19.2 Å². The van der Waals surface area contributed by atoms with Crippen LogP contribution in [0.5, 0.6) is 0 Å². The molecule has 0 radical (unpaired) electrons. The van der Waals surface area contributed by atoms with E-state index in [4.69, 9.17) is 10.1 Å². The molecule has 0 spiro atoms. The molecule has 0 saturated carbocycles. The second kappa shape index (κ2) is 17.4. The van der Waals surface area contributed by atoms with Crippen molar-refractivity contribution in [2.24, 2.45) is 0 Å². The highest BCUT2D eigenvalue weighted by Gasteiger charge is 2.38. The number of rotatable bonds is 8. The van der Waals surface area contributed by atoms with Crippen molar-refractivity contribution < 1.29 is 24.3 Å². The van der Waals surface area contributed by atoms with E-state index in [2.05, 4.69) is 62.5 Å². The van der Waals surface area contributed by atoms with Gasteiger partial charge in [0, 0.05) is 115 Å². The predicted octanol–water partition coefficient (Wildman–Crippen LogP) is 3.71. The molecule has 16 heteroatoms. The van der Waals surface area contributed by atoms with Crippen molar-refractivity contribution in [2.45, 2.75) is 50.9 Å². The van der Waals surface area contributed by atoms with Crippen LogP contribution in [0.1, 0.15) is 57.5 Å². The molecule has 2 aromatic carbocycles. The minimum absolute atomic E-state index is 0.0515. The number of anilines is 6. The quantitative estimate of drug-likeness (QED) is 0.203. The highest BCUT2D eigenvalue weighted by molar-refractivity contribution is 6.04. The molecule has 8 heterocycles. The minimum atomic E-state index is -0.901. The summed E-state index contributed by atoms with van der Waals surface area (Å²) < 4.78 is 0. The topological polar surface area (TPSA) is 170 Å². The van der Waals surface area contributed by atoms with E-state index >= 15 is 0 Å². The lowest BCUT2D eigenvalue weighted by molar-refractivity contribution is -0.118. The summed E-state index contributed by atoms with van der Waals surface area (Å²) in [5.74, 6) is 1.03.